The average molecular weight is 268 g/mol. The lowest BCUT2D eigenvalue weighted by atomic mass is 10.0. The van der Waals surface area contributed by atoms with E-state index in [2.05, 4.69) is 0 Å². The summed E-state index contributed by atoms with van der Waals surface area (Å²) >= 11 is 4.99. The van der Waals surface area contributed by atoms with E-state index in [1.807, 2.05) is 18.7 Å². The molecule has 102 valence electrons. The highest BCUT2D eigenvalue weighted by Crippen LogP contribution is 2.56. The zero-order valence-corrected chi connectivity index (χ0v) is 12.2. The quantitative estimate of drug-likeness (QED) is 0.778. The Morgan fingerprint density at radius 3 is 2.39 bits per heavy atom. The second-order valence-electron chi connectivity index (χ2n) is 5.82. The van der Waals surface area contributed by atoms with E-state index >= 15 is 0 Å². The maximum Gasteiger partial charge on any atom is 0.226 e. The molecule has 2 N–H and O–H groups in total. The van der Waals surface area contributed by atoms with Gasteiger partial charge in [-0.05, 0) is 31.6 Å². The number of nitrogens with zero attached hydrogens (tertiary/aromatic N) is 1. The van der Waals surface area contributed by atoms with Crippen molar-refractivity contribution in [2.24, 2.45) is 29.4 Å². The first-order valence-corrected chi connectivity index (χ1v) is 7.55. The summed E-state index contributed by atoms with van der Waals surface area (Å²) in [6.45, 7) is 5.48. The molecule has 3 nitrogen and oxygen atoms in total. The molecule has 2 rings (SSSR count). The monoisotopic (exact) mass is 268 g/mol. The van der Waals surface area contributed by atoms with Crippen LogP contribution in [0.5, 0.6) is 0 Å². The summed E-state index contributed by atoms with van der Waals surface area (Å²) in [7, 11) is 0. The highest BCUT2D eigenvalue weighted by atomic mass is 32.1. The van der Waals surface area contributed by atoms with Crippen LogP contribution in [0.2, 0.25) is 0 Å². The SMILES string of the molecule is CCN(CC(C)C(N)=S)C(=O)C1C2CCCCC21. The van der Waals surface area contributed by atoms with E-state index < -0.39 is 0 Å². The van der Waals surface area contributed by atoms with E-state index in [9.17, 15) is 4.79 Å². The van der Waals surface area contributed by atoms with Gasteiger partial charge in [0, 0.05) is 24.9 Å². The maximum atomic E-state index is 12.5. The number of nitrogens with two attached hydrogens (primary N) is 1. The van der Waals surface area contributed by atoms with Crippen molar-refractivity contribution in [3.63, 3.8) is 0 Å². The summed E-state index contributed by atoms with van der Waals surface area (Å²) in [6, 6.07) is 0. The van der Waals surface area contributed by atoms with E-state index in [0.717, 1.165) is 6.54 Å². The minimum atomic E-state index is 0.115. The number of hydrogen-bond acceptors (Lipinski definition) is 2. The van der Waals surface area contributed by atoms with Crippen molar-refractivity contribution in [1.29, 1.82) is 0 Å². The number of thiocarbonyl (C=S) groups is 1. The highest BCUT2D eigenvalue weighted by Gasteiger charge is 2.55. The highest BCUT2D eigenvalue weighted by molar-refractivity contribution is 7.80. The number of hydrogen-bond donors (Lipinski definition) is 1. The lowest BCUT2D eigenvalue weighted by Gasteiger charge is -2.24. The van der Waals surface area contributed by atoms with Gasteiger partial charge >= 0.3 is 0 Å². The van der Waals surface area contributed by atoms with Crippen LogP contribution >= 0.6 is 12.2 Å². The topological polar surface area (TPSA) is 46.3 Å². The largest absolute Gasteiger partial charge is 0.393 e. The molecule has 0 spiro atoms. The molecular weight excluding hydrogens is 244 g/mol. The number of amides is 1. The van der Waals surface area contributed by atoms with Gasteiger partial charge in [-0.2, -0.15) is 0 Å². The molecule has 1 amide bonds. The molecule has 0 aliphatic heterocycles. The third kappa shape index (κ3) is 2.68. The van der Waals surface area contributed by atoms with Crippen molar-refractivity contribution in [3.8, 4) is 0 Å². The molecule has 0 aromatic heterocycles. The van der Waals surface area contributed by atoms with Crippen LogP contribution in [0, 0.1) is 23.7 Å². The van der Waals surface area contributed by atoms with Crippen LogP contribution in [0.15, 0.2) is 0 Å². The Hall–Kier alpha value is -0.640. The number of fused-ring (bicyclic) bond motifs is 1. The third-order valence-corrected chi connectivity index (χ3v) is 5.02. The fraction of sp³-hybridized carbons (Fsp3) is 0.857. The van der Waals surface area contributed by atoms with Gasteiger partial charge in [-0.3, -0.25) is 4.79 Å². The predicted octanol–water partition coefficient (Wildman–Crippen LogP) is 2.19. The summed E-state index contributed by atoms with van der Waals surface area (Å²) in [6.07, 6.45) is 5.12. The second-order valence-corrected chi connectivity index (χ2v) is 6.29. The number of carbonyl (C=O) groups excluding carboxylic acids is 1. The van der Waals surface area contributed by atoms with E-state index in [-0.39, 0.29) is 5.92 Å². The smallest absolute Gasteiger partial charge is 0.226 e. The maximum absolute atomic E-state index is 12.5. The van der Waals surface area contributed by atoms with Crippen LogP contribution in [-0.2, 0) is 4.79 Å². The van der Waals surface area contributed by atoms with Gasteiger partial charge in [-0.15, -0.1) is 0 Å². The summed E-state index contributed by atoms with van der Waals surface area (Å²) < 4.78 is 0. The molecule has 2 aliphatic carbocycles. The van der Waals surface area contributed by atoms with Crippen LogP contribution in [0.4, 0.5) is 0 Å². The van der Waals surface area contributed by atoms with Gasteiger partial charge in [0.05, 0.1) is 4.99 Å². The van der Waals surface area contributed by atoms with Gasteiger partial charge in [0.15, 0.2) is 0 Å². The molecule has 18 heavy (non-hydrogen) atoms. The summed E-state index contributed by atoms with van der Waals surface area (Å²) in [5, 5.41) is 0. The summed E-state index contributed by atoms with van der Waals surface area (Å²) in [5.41, 5.74) is 5.64. The van der Waals surface area contributed by atoms with Gasteiger partial charge in [-0.1, -0.05) is 32.0 Å². The Bertz CT molecular complexity index is 333. The van der Waals surface area contributed by atoms with Gasteiger partial charge in [-0.25, -0.2) is 0 Å². The summed E-state index contributed by atoms with van der Waals surface area (Å²) in [5.74, 6) is 2.13. The normalized spacial score (nSPS) is 31.3. The molecule has 3 unspecified atom stereocenters. The molecule has 4 heteroatoms. The Morgan fingerprint density at radius 2 is 1.94 bits per heavy atom. The predicted molar refractivity (Wildman–Crippen MR) is 77.1 cm³/mol. The van der Waals surface area contributed by atoms with Crippen LogP contribution in [0.1, 0.15) is 39.5 Å². The zero-order chi connectivity index (χ0) is 13.3. The molecule has 0 saturated heterocycles. The van der Waals surface area contributed by atoms with Crippen LogP contribution in [-0.4, -0.2) is 28.9 Å². The van der Waals surface area contributed by atoms with Crippen molar-refractivity contribution >= 4 is 23.1 Å². The summed E-state index contributed by atoms with van der Waals surface area (Å²) in [4.78, 5) is 15.0. The number of rotatable bonds is 5. The Morgan fingerprint density at radius 1 is 1.39 bits per heavy atom. The lowest BCUT2D eigenvalue weighted by Crippen LogP contribution is -2.39. The molecule has 0 heterocycles. The van der Waals surface area contributed by atoms with E-state index in [4.69, 9.17) is 18.0 Å². The van der Waals surface area contributed by atoms with Gasteiger partial charge in [0.25, 0.3) is 0 Å². The first kappa shape index (κ1) is 13.8. The second kappa shape index (κ2) is 5.55. The fourth-order valence-corrected chi connectivity index (χ4v) is 3.44. The van der Waals surface area contributed by atoms with E-state index in [0.29, 0.717) is 35.2 Å². The molecule has 0 radical (unpaired) electrons. The van der Waals surface area contributed by atoms with Crippen LogP contribution in [0.3, 0.4) is 0 Å². The minimum Gasteiger partial charge on any atom is -0.393 e. The Balaban J connectivity index is 1.92. The van der Waals surface area contributed by atoms with Crippen molar-refractivity contribution in [2.75, 3.05) is 13.1 Å². The fourth-order valence-electron chi connectivity index (χ4n) is 3.36. The molecule has 2 fully saturated rings. The standard InChI is InChI=1S/C14H24N2OS/c1-3-16(8-9(2)13(15)18)14(17)12-10-6-4-5-7-11(10)12/h9-12H,3-8H2,1-2H3,(H2,15,18). The van der Waals surface area contributed by atoms with Crippen molar-refractivity contribution in [3.05, 3.63) is 0 Å². The minimum absolute atomic E-state index is 0.115. The van der Waals surface area contributed by atoms with Gasteiger partial charge < -0.3 is 10.6 Å². The first-order chi connectivity index (χ1) is 8.56. The van der Waals surface area contributed by atoms with Gasteiger partial charge in [0.2, 0.25) is 5.91 Å². The van der Waals surface area contributed by atoms with Crippen molar-refractivity contribution in [1.82, 2.24) is 4.90 Å². The number of carbonyl (C=O) groups is 1. The van der Waals surface area contributed by atoms with Crippen molar-refractivity contribution < 1.29 is 4.79 Å². The molecule has 0 aromatic carbocycles. The lowest BCUT2D eigenvalue weighted by molar-refractivity contribution is -0.133. The molecule has 0 aromatic rings. The average Bonchev–Trinajstić information content (AvgIpc) is 3.08. The molecular formula is C14H24N2OS. The Kier molecular flexibility index (Phi) is 4.25. The van der Waals surface area contributed by atoms with Crippen LogP contribution in [0.25, 0.3) is 0 Å². The van der Waals surface area contributed by atoms with Crippen LogP contribution < -0.4 is 5.73 Å². The molecule has 3 atom stereocenters. The Labute approximate surface area is 115 Å². The van der Waals surface area contributed by atoms with E-state index in [1.165, 1.54) is 25.7 Å². The molecule has 2 aliphatic rings. The third-order valence-electron chi connectivity index (χ3n) is 4.62. The van der Waals surface area contributed by atoms with Gasteiger partial charge in [0.1, 0.15) is 0 Å². The molecule has 2 saturated carbocycles. The molecule has 0 bridgehead atoms. The zero-order valence-electron chi connectivity index (χ0n) is 11.4. The first-order valence-electron chi connectivity index (χ1n) is 7.14. The van der Waals surface area contributed by atoms with Crippen molar-refractivity contribution in [2.45, 2.75) is 39.5 Å². The van der Waals surface area contributed by atoms with E-state index in [1.54, 1.807) is 0 Å².